The Morgan fingerprint density at radius 1 is 0.829 bits per heavy atom. The van der Waals surface area contributed by atoms with Crippen LogP contribution < -0.4 is 0 Å². The Balaban J connectivity index is 1.54. The van der Waals surface area contributed by atoms with Crippen LogP contribution in [0.2, 0.25) is 0 Å². The smallest absolute Gasteiger partial charge is 0.302 e. The summed E-state index contributed by atoms with van der Waals surface area (Å²) < 4.78 is 5.87. The average Bonchev–Trinajstić information content (AvgIpc) is 3.05. The average molecular weight is 487 g/mol. The Kier molecular flexibility index (Phi) is 7.11. The molecule has 4 saturated carbocycles. The molecule has 3 unspecified atom stereocenters. The van der Waals surface area contributed by atoms with Crippen LogP contribution in [0.25, 0.3) is 0 Å². The summed E-state index contributed by atoms with van der Waals surface area (Å²) in [6.07, 6.45) is 12.1. The van der Waals surface area contributed by atoms with Crippen molar-refractivity contribution in [2.75, 3.05) is 0 Å². The van der Waals surface area contributed by atoms with E-state index in [4.69, 9.17) is 4.74 Å². The van der Waals surface area contributed by atoms with E-state index in [1.165, 1.54) is 44.9 Å². The third kappa shape index (κ3) is 4.14. The number of carbonyl (C=O) groups excluding carboxylic acids is 2. The SMILES string of the molecule is CC(=O)O[C@H]1CC[C@]2(C)C3CC[C@]4(C)[C@@H]([C@H](C)CCC(=O)C(C)C)CC[C@@]4(C)C3CCC2C1(C)C. The minimum absolute atomic E-state index is 0.0426. The second kappa shape index (κ2) is 9.16. The summed E-state index contributed by atoms with van der Waals surface area (Å²) in [7, 11) is 0. The van der Waals surface area contributed by atoms with Crippen molar-refractivity contribution < 1.29 is 14.3 Å². The molecule has 9 atom stereocenters. The zero-order valence-corrected chi connectivity index (χ0v) is 24.3. The molecule has 4 fully saturated rings. The lowest BCUT2D eigenvalue weighted by molar-refractivity contribution is -0.209. The molecule has 0 N–H and O–H groups in total. The Morgan fingerprint density at radius 3 is 2.11 bits per heavy atom. The highest BCUT2D eigenvalue weighted by Crippen LogP contribution is 2.74. The maximum absolute atomic E-state index is 12.4. The van der Waals surface area contributed by atoms with Crippen molar-refractivity contribution >= 4 is 11.8 Å². The van der Waals surface area contributed by atoms with Crippen LogP contribution in [0.5, 0.6) is 0 Å². The minimum Gasteiger partial charge on any atom is -0.462 e. The van der Waals surface area contributed by atoms with Crippen molar-refractivity contribution in [3.05, 3.63) is 0 Å². The number of rotatable bonds is 6. The fourth-order valence-electron chi connectivity index (χ4n) is 10.7. The highest BCUT2D eigenvalue weighted by atomic mass is 16.5. The van der Waals surface area contributed by atoms with E-state index in [2.05, 4.69) is 41.5 Å². The Labute approximate surface area is 215 Å². The molecule has 0 spiro atoms. The van der Waals surface area contributed by atoms with Gasteiger partial charge in [-0.05, 0) is 104 Å². The van der Waals surface area contributed by atoms with E-state index in [9.17, 15) is 9.59 Å². The molecule has 0 aliphatic heterocycles. The van der Waals surface area contributed by atoms with Crippen molar-refractivity contribution in [2.45, 2.75) is 133 Å². The predicted molar refractivity (Wildman–Crippen MR) is 143 cm³/mol. The highest BCUT2D eigenvalue weighted by molar-refractivity contribution is 5.80. The van der Waals surface area contributed by atoms with Crippen LogP contribution in [-0.2, 0) is 14.3 Å². The van der Waals surface area contributed by atoms with Gasteiger partial charge in [0.05, 0.1) is 0 Å². The molecule has 3 heteroatoms. The lowest BCUT2D eigenvalue weighted by Gasteiger charge is -2.67. The zero-order valence-electron chi connectivity index (χ0n) is 24.3. The van der Waals surface area contributed by atoms with Crippen LogP contribution in [0, 0.1) is 57.2 Å². The van der Waals surface area contributed by atoms with E-state index in [1.54, 1.807) is 6.92 Å². The fraction of sp³-hybridized carbons (Fsp3) is 0.938. The lowest BCUT2D eigenvalue weighted by atomic mass is 9.38. The number of hydrogen-bond acceptors (Lipinski definition) is 3. The second-order valence-electron chi connectivity index (χ2n) is 15.0. The molecule has 0 radical (unpaired) electrons. The molecule has 0 aromatic rings. The fourth-order valence-corrected chi connectivity index (χ4v) is 10.7. The van der Waals surface area contributed by atoms with Crippen LogP contribution in [-0.4, -0.2) is 17.9 Å². The van der Waals surface area contributed by atoms with Crippen LogP contribution >= 0.6 is 0 Å². The summed E-state index contributed by atoms with van der Waals surface area (Å²) >= 11 is 0. The van der Waals surface area contributed by atoms with Gasteiger partial charge >= 0.3 is 5.97 Å². The highest BCUT2D eigenvalue weighted by Gasteiger charge is 2.67. The summed E-state index contributed by atoms with van der Waals surface area (Å²) in [5.41, 5.74) is 1.19. The van der Waals surface area contributed by atoms with E-state index >= 15 is 0 Å². The van der Waals surface area contributed by atoms with Gasteiger partial charge in [-0.25, -0.2) is 0 Å². The molecule has 4 rings (SSSR count). The summed E-state index contributed by atoms with van der Waals surface area (Å²) in [5.74, 6) is 4.07. The van der Waals surface area contributed by atoms with Gasteiger partial charge in [0.25, 0.3) is 0 Å². The maximum Gasteiger partial charge on any atom is 0.302 e. The van der Waals surface area contributed by atoms with E-state index in [0.717, 1.165) is 37.0 Å². The first-order valence-corrected chi connectivity index (χ1v) is 14.9. The van der Waals surface area contributed by atoms with Crippen molar-refractivity contribution in [2.24, 2.45) is 57.2 Å². The van der Waals surface area contributed by atoms with Crippen molar-refractivity contribution in [3.8, 4) is 0 Å². The van der Waals surface area contributed by atoms with E-state index in [-0.39, 0.29) is 23.4 Å². The van der Waals surface area contributed by atoms with Gasteiger partial charge in [0.2, 0.25) is 0 Å². The minimum atomic E-state index is -0.123. The molecule has 4 aliphatic carbocycles. The predicted octanol–water partition coefficient (Wildman–Crippen LogP) is 8.24. The quantitative estimate of drug-likeness (QED) is 0.355. The lowest BCUT2D eigenvalue weighted by Crippen LogP contribution is -2.62. The number of ketones is 1. The molecule has 3 nitrogen and oxygen atoms in total. The molecule has 4 aliphatic rings. The van der Waals surface area contributed by atoms with Crippen molar-refractivity contribution in [3.63, 3.8) is 0 Å². The van der Waals surface area contributed by atoms with E-state index in [1.807, 2.05) is 13.8 Å². The first kappa shape index (κ1) is 27.2. The molecular formula is C32H54O3. The first-order valence-electron chi connectivity index (χ1n) is 14.9. The third-order valence-corrected chi connectivity index (χ3v) is 12.9. The van der Waals surface area contributed by atoms with Crippen molar-refractivity contribution in [1.29, 1.82) is 0 Å². The number of fused-ring (bicyclic) bond motifs is 5. The number of hydrogen-bond donors (Lipinski definition) is 0. The molecule has 0 saturated heterocycles. The number of ether oxygens (including phenoxy) is 1. The van der Waals surface area contributed by atoms with Crippen LogP contribution in [0.1, 0.15) is 127 Å². The molecule has 0 aromatic heterocycles. The van der Waals surface area contributed by atoms with Crippen molar-refractivity contribution in [1.82, 2.24) is 0 Å². The topological polar surface area (TPSA) is 43.4 Å². The Hall–Kier alpha value is -0.860. The van der Waals surface area contributed by atoms with Crippen LogP contribution in [0.15, 0.2) is 0 Å². The van der Waals surface area contributed by atoms with Crippen LogP contribution in [0.3, 0.4) is 0 Å². The first-order chi connectivity index (χ1) is 16.2. The van der Waals surface area contributed by atoms with Gasteiger partial charge in [-0.1, -0.05) is 55.4 Å². The normalized spacial score (nSPS) is 45.3. The van der Waals surface area contributed by atoms with Gasteiger partial charge in [-0.15, -0.1) is 0 Å². The largest absolute Gasteiger partial charge is 0.462 e. The number of esters is 1. The Morgan fingerprint density at radius 2 is 1.49 bits per heavy atom. The van der Waals surface area contributed by atoms with Gasteiger partial charge in [0.1, 0.15) is 11.9 Å². The summed E-state index contributed by atoms with van der Waals surface area (Å²) in [6, 6.07) is 0. The van der Waals surface area contributed by atoms with Gasteiger partial charge in [-0.3, -0.25) is 9.59 Å². The molecule has 0 heterocycles. The molecule has 35 heavy (non-hydrogen) atoms. The standard InChI is InChI=1S/C32H54O3/c1-20(2)26(34)12-10-21(3)23-14-18-32(9)25-11-13-27-29(5,6)28(35-22(4)33)16-17-30(27,7)24(25)15-19-31(23,32)8/h20-21,23-25,27-28H,10-19H2,1-9H3/t21-,23-,24?,25?,27?,28+,30-,31-,32+/m1/s1. The summed E-state index contributed by atoms with van der Waals surface area (Å²) in [4.78, 5) is 24.2. The third-order valence-electron chi connectivity index (χ3n) is 12.9. The molecule has 0 bridgehead atoms. The van der Waals surface area contributed by atoms with Gasteiger partial charge < -0.3 is 4.74 Å². The van der Waals surface area contributed by atoms with Gasteiger partial charge in [0.15, 0.2) is 0 Å². The monoisotopic (exact) mass is 486 g/mol. The maximum atomic E-state index is 12.4. The summed E-state index contributed by atoms with van der Waals surface area (Å²) in [6.45, 7) is 20.8. The number of carbonyl (C=O) groups is 2. The Bertz CT molecular complexity index is 829. The molecule has 0 aromatic carbocycles. The van der Waals surface area contributed by atoms with Gasteiger partial charge in [-0.2, -0.15) is 0 Å². The van der Waals surface area contributed by atoms with E-state index in [0.29, 0.717) is 33.9 Å². The molecule has 0 amide bonds. The number of Topliss-reactive ketones (excluding diaryl/α,β-unsaturated/α-hetero) is 1. The van der Waals surface area contributed by atoms with Crippen LogP contribution in [0.4, 0.5) is 0 Å². The molecule has 200 valence electrons. The van der Waals surface area contributed by atoms with Gasteiger partial charge in [0, 0.05) is 24.7 Å². The molecular weight excluding hydrogens is 432 g/mol. The second-order valence-corrected chi connectivity index (χ2v) is 15.0. The summed E-state index contributed by atoms with van der Waals surface area (Å²) in [5, 5.41) is 0. The zero-order chi connectivity index (χ0) is 26.0. The van der Waals surface area contributed by atoms with E-state index < -0.39 is 0 Å².